The van der Waals surface area contributed by atoms with Crippen LogP contribution in [-0.4, -0.2) is 107 Å². The summed E-state index contributed by atoms with van der Waals surface area (Å²) in [6, 6.07) is 15.3. The third kappa shape index (κ3) is 12.7. The molecule has 8 N–H and O–H groups in total. The van der Waals surface area contributed by atoms with Crippen LogP contribution in [0.4, 0.5) is 11.4 Å². The number of carboxylic acids is 2. The normalized spacial score (nSPS) is 32.5. The summed E-state index contributed by atoms with van der Waals surface area (Å²) in [4.78, 5) is 47.2. The minimum atomic E-state index is -1.17. The number of quaternary nitrogens is 1. The Labute approximate surface area is 405 Å². The van der Waals surface area contributed by atoms with E-state index in [1.807, 2.05) is 48.5 Å². The van der Waals surface area contributed by atoms with Crippen molar-refractivity contribution in [2.75, 3.05) is 44.7 Å². The van der Waals surface area contributed by atoms with Crippen LogP contribution in [-0.2, 0) is 28.7 Å². The maximum absolute atomic E-state index is 12.5. The fourth-order valence-corrected chi connectivity index (χ4v) is 13.5. The topological polar surface area (TPSA) is 209 Å². The average Bonchev–Trinajstić information content (AvgIpc) is 3.56. The number of likely N-dealkylation sites (N-methyl/N-ethyl adjacent to an activating group) is 1. The van der Waals surface area contributed by atoms with Crippen molar-refractivity contribution in [2.24, 2.45) is 40.2 Å². The number of hydrogen-bond acceptors (Lipinski definition) is 10. The number of ether oxygens (including phenoxy) is 2. The standard InChI is InChI=1S/C34H57N2O4.C12H12N2.C5H9NO4.CH4.BrH/c1-23(37)39-31-20-25-12-13-26-27(34(25,4)22-29(31)35-16-8-6-9-17-35)14-15-33(3)28(26)21-30(32(33)40-24(2)38)36(5)18-10-7-11-19-36;13-11-5-1-9(2-6-11)10-3-7-12(14)8-4-10;6-3(5(9)10)1-2-4(7)8;;/h25-32H,6-22H2,1-5H3;1-8H,13-14H2;3H,1-2,6H2,(H,7,8)(H,9,10);1H4;1H/q+1;;;;/p-1/t25-,26+,27-,28-,29-,30-,31-,32-,33-,34-;;;;/m0..../s1. The van der Waals surface area contributed by atoms with Gasteiger partial charge in [-0.3, -0.25) is 24.1 Å². The molecule has 6 aliphatic rings. The van der Waals surface area contributed by atoms with Crippen molar-refractivity contribution in [3.63, 3.8) is 0 Å². The molecule has 66 heavy (non-hydrogen) atoms. The highest BCUT2D eigenvalue weighted by Crippen LogP contribution is 2.67. The van der Waals surface area contributed by atoms with E-state index in [1.165, 1.54) is 90.1 Å². The number of halogens is 1. The van der Waals surface area contributed by atoms with E-state index in [0.29, 0.717) is 35.3 Å². The van der Waals surface area contributed by atoms with Gasteiger partial charge in [0, 0.05) is 49.5 Å². The number of nitrogens with two attached hydrogens (primary N) is 3. The SMILES string of the molecule is C.CC(=O)O[C@H]1C[C@@H]2CC[C@@H]3[C@H](CC[C@@]4(C)[C@H]3C[C@H]([N+]3(C)CCCCC3)[C@@H]4OC(C)=O)[C@@]2(C)C[C@@H]1N1CCCCC1.NC(CCC(=O)O)C(=O)O.Nc1ccc(-c2ccc(N)cc2)cc1.[Br-]. The van der Waals surface area contributed by atoms with Crippen LogP contribution in [0.5, 0.6) is 0 Å². The van der Waals surface area contributed by atoms with Crippen molar-refractivity contribution in [3.05, 3.63) is 48.5 Å². The number of rotatable bonds is 9. The zero-order chi connectivity index (χ0) is 46.4. The molecule has 6 fully saturated rings. The molecule has 0 spiro atoms. The summed E-state index contributed by atoms with van der Waals surface area (Å²) >= 11 is 0. The van der Waals surface area contributed by atoms with Crippen molar-refractivity contribution in [3.8, 4) is 11.1 Å². The molecule has 370 valence electrons. The van der Waals surface area contributed by atoms with Crippen LogP contribution in [0.25, 0.3) is 11.1 Å². The minimum absolute atomic E-state index is 0. The molecular weight excluding hydrogens is 903 g/mol. The van der Waals surface area contributed by atoms with Gasteiger partial charge in [0.2, 0.25) is 0 Å². The van der Waals surface area contributed by atoms with Gasteiger partial charge in [-0.15, -0.1) is 0 Å². The zero-order valence-electron chi connectivity index (χ0n) is 39.6. The molecule has 4 aliphatic carbocycles. The Bertz CT molecular complexity index is 1860. The van der Waals surface area contributed by atoms with E-state index in [9.17, 15) is 19.2 Å². The molecule has 0 radical (unpaired) electrons. The van der Waals surface area contributed by atoms with E-state index in [2.05, 4.69) is 25.8 Å². The lowest BCUT2D eigenvalue weighted by molar-refractivity contribution is -0.940. The fourth-order valence-electron chi connectivity index (χ4n) is 13.5. The second-order valence-electron chi connectivity index (χ2n) is 20.9. The third-order valence-electron chi connectivity index (χ3n) is 16.8. The summed E-state index contributed by atoms with van der Waals surface area (Å²) < 4.78 is 13.5. The number of carbonyl (C=O) groups excluding carboxylic acids is 2. The molecule has 13 nitrogen and oxygen atoms in total. The molecule has 8 rings (SSSR count). The lowest BCUT2D eigenvalue weighted by Crippen LogP contribution is -3.00. The first-order chi connectivity index (χ1) is 30.3. The number of nitrogen functional groups attached to an aromatic ring is 2. The molecule has 2 saturated heterocycles. The highest BCUT2D eigenvalue weighted by atomic mass is 79.9. The van der Waals surface area contributed by atoms with Crippen molar-refractivity contribution >= 4 is 35.3 Å². The Balaban J connectivity index is 0.000000301. The van der Waals surface area contributed by atoms with E-state index in [-0.39, 0.29) is 66.8 Å². The van der Waals surface area contributed by atoms with Crippen LogP contribution in [0.2, 0.25) is 0 Å². The number of likely N-dealkylation sites (tertiary alicyclic amines) is 2. The van der Waals surface area contributed by atoms with Gasteiger partial charge >= 0.3 is 23.9 Å². The van der Waals surface area contributed by atoms with Gasteiger partial charge < -0.3 is 58.4 Å². The largest absolute Gasteiger partial charge is 1.00 e. The van der Waals surface area contributed by atoms with Crippen molar-refractivity contribution in [2.45, 2.75) is 162 Å². The summed E-state index contributed by atoms with van der Waals surface area (Å²) in [7, 11) is 2.47. The lowest BCUT2D eigenvalue weighted by atomic mass is 9.44. The van der Waals surface area contributed by atoms with Gasteiger partial charge in [0.1, 0.15) is 18.2 Å². The molecule has 14 heteroatoms. The first kappa shape index (κ1) is 54.9. The molecule has 4 saturated carbocycles. The Morgan fingerprint density at radius 3 is 1.83 bits per heavy atom. The number of esters is 2. The molecule has 2 aromatic carbocycles. The van der Waals surface area contributed by atoms with Crippen LogP contribution in [0.3, 0.4) is 0 Å². The maximum Gasteiger partial charge on any atom is 0.320 e. The Hall–Kier alpha value is -3.72. The van der Waals surface area contributed by atoms with E-state index in [1.54, 1.807) is 13.8 Å². The quantitative estimate of drug-likeness (QED) is 0.122. The minimum Gasteiger partial charge on any atom is -1.00 e. The van der Waals surface area contributed by atoms with Gasteiger partial charge in [0.15, 0.2) is 6.10 Å². The summed E-state index contributed by atoms with van der Waals surface area (Å²) in [5, 5.41) is 16.3. The number of piperidine rings is 2. The van der Waals surface area contributed by atoms with E-state index >= 15 is 0 Å². The van der Waals surface area contributed by atoms with Crippen LogP contribution in [0.15, 0.2) is 48.5 Å². The van der Waals surface area contributed by atoms with Gasteiger partial charge in [-0.2, -0.15) is 0 Å². The second-order valence-corrected chi connectivity index (χ2v) is 20.9. The van der Waals surface area contributed by atoms with Crippen LogP contribution >= 0.6 is 0 Å². The molecule has 0 bridgehead atoms. The number of nitrogens with zero attached hydrogens (tertiary/aromatic N) is 2. The first-order valence-electron chi connectivity index (χ1n) is 24.2. The summed E-state index contributed by atoms with van der Waals surface area (Å²) in [5.74, 6) is 0.307. The Morgan fingerprint density at radius 2 is 1.32 bits per heavy atom. The van der Waals surface area contributed by atoms with Gasteiger partial charge in [-0.25, -0.2) is 0 Å². The summed E-state index contributed by atoms with van der Waals surface area (Å²) in [6.45, 7) is 13.1. The summed E-state index contributed by atoms with van der Waals surface area (Å²) in [5.41, 5.74) is 20.5. The van der Waals surface area contributed by atoms with E-state index < -0.39 is 18.0 Å². The Kier molecular flexibility index (Phi) is 19.6. The van der Waals surface area contributed by atoms with Gasteiger partial charge in [-0.05, 0) is 155 Å². The molecule has 2 heterocycles. The van der Waals surface area contributed by atoms with Crippen LogP contribution in [0, 0.1) is 34.5 Å². The molecule has 2 aromatic rings. The number of carboxylic acid groups (broad SMARTS) is 2. The number of benzene rings is 2. The highest BCUT2D eigenvalue weighted by molar-refractivity contribution is 5.74. The van der Waals surface area contributed by atoms with Gasteiger partial charge in [0.25, 0.3) is 0 Å². The zero-order valence-corrected chi connectivity index (χ0v) is 41.2. The third-order valence-corrected chi connectivity index (χ3v) is 16.8. The first-order valence-corrected chi connectivity index (χ1v) is 24.2. The predicted octanol–water partition coefficient (Wildman–Crippen LogP) is 5.39. The monoisotopic (exact) mass is 984 g/mol. The Morgan fingerprint density at radius 1 is 0.773 bits per heavy atom. The maximum atomic E-state index is 12.5. The van der Waals surface area contributed by atoms with E-state index in [4.69, 9.17) is 36.9 Å². The van der Waals surface area contributed by atoms with Crippen LogP contribution in [0.1, 0.15) is 131 Å². The number of fused-ring (bicyclic) bond motifs is 5. The number of hydrogen-bond donors (Lipinski definition) is 5. The molecule has 0 aromatic heterocycles. The van der Waals surface area contributed by atoms with Crippen molar-refractivity contribution < 1.29 is 60.3 Å². The van der Waals surface area contributed by atoms with Crippen LogP contribution < -0.4 is 34.2 Å². The number of carbonyl (C=O) groups is 4. The highest BCUT2D eigenvalue weighted by Gasteiger charge is 2.67. The van der Waals surface area contributed by atoms with Gasteiger partial charge in [0.05, 0.1) is 20.1 Å². The lowest BCUT2D eigenvalue weighted by Gasteiger charge is -2.62. The van der Waals surface area contributed by atoms with Crippen molar-refractivity contribution in [1.29, 1.82) is 0 Å². The number of anilines is 2. The molecular formula is C52H82BrN5O8. The average molecular weight is 985 g/mol. The second kappa shape index (κ2) is 23.5. The molecule has 11 atom stereocenters. The number of aliphatic carboxylic acids is 2. The van der Waals surface area contributed by atoms with Crippen molar-refractivity contribution in [1.82, 2.24) is 4.90 Å². The predicted molar refractivity (Wildman–Crippen MR) is 256 cm³/mol. The molecule has 2 aliphatic heterocycles. The van der Waals surface area contributed by atoms with E-state index in [0.717, 1.165) is 52.4 Å². The molecule has 0 amide bonds. The smallest absolute Gasteiger partial charge is 0.320 e. The fraction of sp³-hybridized carbons (Fsp3) is 0.692. The molecule has 1 unspecified atom stereocenters. The summed E-state index contributed by atoms with van der Waals surface area (Å²) in [6.07, 6.45) is 16.1. The van der Waals surface area contributed by atoms with Gasteiger partial charge in [-0.1, -0.05) is 52.0 Å².